The number of hydrogen-bond acceptors (Lipinski definition) is 3. The lowest BCUT2D eigenvalue weighted by atomic mass is 10.2. The minimum absolute atomic E-state index is 0.314. The number of nitrogens with zero attached hydrogens (tertiary/aromatic N) is 1. The number of thioether (sulfide) groups is 1. The van der Waals surface area contributed by atoms with Gasteiger partial charge in [-0.3, -0.25) is 0 Å². The van der Waals surface area contributed by atoms with Gasteiger partial charge >= 0.3 is 0 Å². The molecule has 0 aromatic heterocycles. The zero-order valence-electron chi connectivity index (χ0n) is 9.24. The molecule has 1 unspecified atom stereocenters. The molecule has 1 rings (SSSR count). The number of anilines is 1. The summed E-state index contributed by atoms with van der Waals surface area (Å²) in [5.41, 5.74) is 0.399. The van der Waals surface area contributed by atoms with E-state index in [1.807, 2.05) is 0 Å². The van der Waals surface area contributed by atoms with E-state index in [1.54, 1.807) is 30.0 Å². The summed E-state index contributed by atoms with van der Waals surface area (Å²) in [5, 5.41) is 11.8. The Kier molecular flexibility index (Phi) is 5.73. The summed E-state index contributed by atoms with van der Waals surface area (Å²) in [7, 11) is 0. The van der Waals surface area contributed by atoms with E-state index < -0.39 is 0 Å². The smallest absolute Gasteiger partial charge is 0.146 e. The molecule has 0 radical (unpaired) electrons. The average molecular weight is 238 g/mol. The van der Waals surface area contributed by atoms with Crippen molar-refractivity contribution in [2.75, 3.05) is 16.8 Å². The molecule has 0 aliphatic heterocycles. The van der Waals surface area contributed by atoms with Crippen molar-refractivity contribution in [2.45, 2.75) is 19.4 Å². The Morgan fingerprint density at radius 3 is 2.88 bits per heavy atom. The summed E-state index contributed by atoms with van der Waals surface area (Å²) in [6.07, 6.45) is 0.726. The molecule has 0 spiro atoms. The van der Waals surface area contributed by atoms with Gasteiger partial charge in [-0.15, -0.1) is 0 Å². The standard InChI is InChI=1S/C12H15FN2S/c1-2-16-8-7-10(9-14)15-12-6-4-3-5-11(12)13/h3-6,10,15H,2,7-8H2,1H3. The number of rotatable bonds is 6. The lowest BCUT2D eigenvalue weighted by molar-refractivity contribution is 0.628. The fourth-order valence-electron chi connectivity index (χ4n) is 1.28. The van der Waals surface area contributed by atoms with Crippen molar-refractivity contribution in [2.24, 2.45) is 0 Å². The predicted molar refractivity (Wildman–Crippen MR) is 67.0 cm³/mol. The Morgan fingerprint density at radius 2 is 2.25 bits per heavy atom. The molecule has 2 nitrogen and oxygen atoms in total. The van der Waals surface area contributed by atoms with Crippen LogP contribution in [-0.2, 0) is 0 Å². The van der Waals surface area contributed by atoms with E-state index in [1.165, 1.54) is 6.07 Å². The summed E-state index contributed by atoms with van der Waals surface area (Å²) in [4.78, 5) is 0. The summed E-state index contributed by atoms with van der Waals surface area (Å²) >= 11 is 1.78. The molecular weight excluding hydrogens is 223 g/mol. The number of halogens is 1. The van der Waals surface area contributed by atoms with Crippen molar-refractivity contribution in [1.82, 2.24) is 0 Å². The molecule has 4 heteroatoms. The fraction of sp³-hybridized carbons (Fsp3) is 0.417. The van der Waals surface area contributed by atoms with Crippen LogP contribution in [0.1, 0.15) is 13.3 Å². The van der Waals surface area contributed by atoms with E-state index in [0.29, 0.717) is 5.69 Å². The molecule has 0 bridgehead atoms. The Morgan fingerprint density at radius 1 is 1.50 bits per heavy atom. The van der Waals surface area contributed by atoms with Gasteiger partial charge in [0.05, 0.1) is 11.8 Å². The molecule has 0 aliphatic carbocycles. The third-order valence-corrected chi connectivity index (χ3v) is 3.05. The predicted octanol–water partition coefficient (Wildman–Crippen LogP) is 3.27. The van der Waals surface area contributed by atoms with E-state index >= 15 is 0 Å². The Hall–Kier alpha value is -1.21. The van der Waals surface area contributed by atoms with Crippen molar-refractivity contribution in [3.8, 4) is 6.07 Å². The van der Waals surface area contributed by atoms with Gasteiger partial charge in [0.15, 0.2) is 0 Å². The van der Waals surface area contributed by atoms with Crippen LogP contribution in [0.4, 0.5) is 10.1 Å². The third kappa shape index (κ3) is 4.11. The molecule has 0 aliphatic rings. The molecule has 0 heterocycles. The van der Waals surface area contributed by atoms with Crippen LogP contribution >= 0.6 is 11.8 Å². The highest BCUT2D eigenvalue weighted by Gasteiger charge is 2.09. The molecule has 1 aromatic carbocycles. The maximum absolute atomic E-state index is 13.3. The first-order valence-corrected chi connectivity index (χ1v) is 6.41. The van der Waals surface area contributed by atoms with Gasteiger partial charge in [0.2, 0.25) is 0 Å². The normalized spacial score (nSPS) is 11.8. The summed E-state index contributed by atoms with van der Waals surface area (Å²) in [6, 6.07) is 8.24. The summed E-state index contributed by atoms with van der Waals surface area (Å²) in [6.45, 7) is 2.08. The van der Waals surface area contributed by atoms with Crippen molar-refractivity contribution in [3.05, 3.63) is 30.1 Å². The number of para-hydroxylation sites is 1. The molecule has 16 heavy (non-hydrogen) atoms. The first-order valence-electron chi connectivity index (χ1n) is 5.26. The molecule has 0 amide bonds. The van der Waals surface area contributed by atoms with Crippen LogP contribution in [0.3, 0.4) is 0 Å². The Bertz CT molecular complexity index is 362. The first-order chi connectivity index (χ1) is 7.77. The third-order valence-electron chi connectivity index (χ3n) is 2.11. The average Bonchev–Trinajstić information content (AvgIpc) is 2.30. The van der Waals surface area contributed by atoms with Gasteiger partial charge in [-0.05, 0) is 30.1 Å². The van der Waals surface area contributed by atoms with Crippen molar-refractivity contribution < 1.29 is 4.39 Å². The zero-order chi connectivity index (χ0) is 11.8. The molecule has 0 fully saturated rings. The van der Waals surface area contributed by atoms with Gasteiger partial charge in [-0.25, -0.2) is 4.39 Å². The van der Waals surface area contributed by atoms with Crippen LogP contribution in [0.15, 0.2) is 24.3 Å². The van der Waals surface area contributed by atoms with Gasteiger partial charge in [0.25, 0.3) is 0 Å². The first kappa shape index (κ1) is 12.9. The highest BCUT2D eigenvalue weighted by Crippen LogP contribution is 2.15. The number of hydrogen-bond donors (Lipinski definition) is 1. The molecule has 1 atom stereocenters. The van der Waals surface area contributed by atoms with E-state index in [-0.39, 0.29) is 11.9 Å². The van der Waals surface area contributed by atoms with Gasteiger partial charge in [-0.2, -0.15) is 17.0 Å². The van der Waals surface area contributed by atoms with Crippen molar-refractivity contribution >= 4 is 17.4 Å². The van der Waals surface area contributed by atoms with E-state index in [4.69, 9.17) is 5.26 Å². The molecule has 1 N–H and O–H groups in total. The lowest BCUT2D eigenvalue weighted by Crippen LogP contribution is -2.18. The van der Waals surface area contributed by atoms with Gasteiger partial charge in [0, 0.05) is 0 Å². The van der Waals surface area contributed by atoms with Crippen LogP contribution in [0.25, 0.3) is 0 Å². The van der Waals surface area contributed by atoms with E-state index in [0.717, 1.165) is 17.9 Å². The molecule has 0 saturated heterocycles. The highest BCUT2D eigenvalue weighted by atomic mass is 32.2. The van der Waals surface area contributed by atoms with Crippen molar-refractivity contribution in [3.63, 3.8) is 0 Å². The second-order valence-corrected chi connectivity index (χ2v) is 4.69. The Balaban J connectivity index is 2.51. The molecule has 0 saturated carbocycles. The van der Waals surface area contributed by atoms with Crippen LogP contribution in [-0.4, -0.2) is 17.5 Å². The molecule has 1 aromatic rings. The maximum atomic E-state index is 13.3. The topological polar surface area (TPSA) is 35.8 Å². The summed E-state index contributed by atoms with van der Waals surface area (Å²) < 4.78 is 13.3. The second kappa shape index (κ2) is 7.13. The minimum atomic E-state index is -0.323. The monoisotopic (exact) mass is 238 g/mol. The fourth-order valence-corrected chi connectivity index (χ4v) is 1.97. The van der Waals surface area contributed by atoms with Gasteiger partial charge < -0.3 is 5.32 Å². The van der Waals surface area contributed by atoms with E-state index in [2.05, 4.69) is 18.3 Å². The lowest BCUT2D eigenvalue weighted by Gasteiger charge is -2.12. The van der Waals surface area contributed by atoms with Crippen LogP contribution in [0.5, 0.6) is 0 Å². The SMILES string of the molecule is CCSCCC(C#N)Nc1ccccc1F. The van der Waals surface area contributed by atoms with Crippen LogP contribution in [0.2, 0.25) is 0 Å². The Labute approximate surface area is 99.9 Å². The largest absolute Gasteiger partial charge is 0.367 e. The zero-order valence-corrected chi connectivity index (χ0v) is 10.1. The highest BCUT2D eigenvalue weighted by molar-refractivity contribution is 7.99. The summed E-state index contributed by atoms with van der Waals surface area (Å²) in [5.74, 6) is 1.64. The quantitative estimate of drug-likeness (QED) is 0.773. The van der Waals surface area contributed by atoms with Gasteiger partial charge in [-0.1, -0.05) is 19.1 Å². The number of benzene rings is 1. The number of nitriles is 1. The minimum Gasteiger partial charge on any atom is -0.367 e. The second-order valence-electron chi connectivity index (χ2n) is 3.29. The molecule has 86 valence electrons. The molecular formula is C12H15FN2S. The maximum Gasteiger partial charge on any atom is 0.146 e. The van der Waals surface area contributed by atoms with Crippen molar-refractivity contribution in [1.29, 1.82) is 5.26 Å². The number of nitrogens with one attached hydrogen (secondary N) is 1. The van der Waals surface area contributed by atoms with E-state index in [9.17, 15) is 4.39 Å². The van der Waals surface area contributed by atoms with Gasteiger partial charge in [0.1, 0.15) is 11.9 Å². The van der Waals surface area contributed by atoms with Crippen LogP contribution in [0, 0.1) is 17.1 Å². The van der Waals surface area contributed by atoms with Crippen LogP contribution < -0.4 is 5.32 Å².